The molecule has 2 nitrogen and oxygen atoms in total. The van der Waals surface area contributed by atoms with E-state index in [1.807, 2.05) is 31.2 Å². The van der Waals surface area contributed by atoms with Gasteiger partial charge in [-0.05, 0) is 18.1 Å². The lowest BCUT2D eigenvalue weighted by Gasteiger charge is -2.18. The van der Waals surface area contributed by atoms with E-state index in [0.717, 1.165) is 10.6 Å². The first-order valence-electron chi connectivity index (χ1n) is 6.26. The molecule has 0 aliphatic heterocycles. The Labute approximate surface area is 117 Å². The second-order valence-electron chi connectivity index (χ2n) is 4.37. The summed E-state index contributed by atoms with van der Waals surface area (Å²) in [6.45, 7) is 3.37. The lowest BCUT2D eigenvalue weighted by atomic mass is 10.2. The van der Waals surface area contributed by atoms with E-state index >= 15 is 0 Å². The van der Waals surface area contributed by atoms with Gasteiger partial charge in [0.05, 0.1) is 13.7 Å². The number of hydrogen-bond acceptors (Lipinski definition) is 3. The molecule has 0 saturated carbocycles. The van der Waals surface area contributed by atoms with Gasteiger partial charge in [-0.2, -0.15) is 8.78 Å². The SMILES string of the molecule is CCC(F)(F)OCC(C)CSc1ccccc1OC. The summed E-state index contributed by atoms with van der Waals surface area (Å²) < 4.78 is 35.7. The van der Waals surface area contributed by atoms with Gasteiger partial charge in [0.25, 0.3) is 0 Å². The molecular weight excluding hydrogens is 270 g/mol. The number of ether oxygens (including phenoxy) is 2. The van der Waals surface area contributed by atoms with Gasteiger partial charge < -0.3 is 9.47 Å². The molecule has 0 aliphatic carbocycles. The van der Waals surface area contributed by atoms with Crippen LogP contribution in [0.3, 0.4) is 0 Å². The Morgan fingerprint density at radius 2 is 2.00 bits per heavy atom. The number of benzene rings is 1. The molecule has 0 radical (unpaired) electrons. The zero-order valence-electron chi connectivity index (χ0n) is 11.5. The molecular formula is C14H20F2O2S. The first kappa shape index (κ1) is 16.2. The third kappa shape index (κ3) is 5.78. The van der Waals surface area contributed by atoms with Crippen LogP contribution in [0.15, 0.2) is 29.2 Å². The van der Waals surface area contributed by atoms with E-state index < -0.39 is 6.11 Å². The van der Waals surface area contributed by atoms with Crippen LogP contribution >= 0.6 is 11.8 Å². The zero-order valence-corrected chi connectivity index (χ0v) is 12.3. The van der Waals surface area contributed by atoms with Gasteiger partial charge in [-0.3, -0.25) is 0 Å². The normalized spacial score (nSPS) is 13.3. The Bertz CT molecular complexity index is 385. The Kier molecular flexibility index (Phi) is 6.58. The zero-order chi connectivity index (χ0) is 14.3. The highest BCUT2D eigenvalue weighted by Crippen LogP contribution is 2.30. The van der Waals surface area contributed by atoms with Crippen LogP contribution in [0.25, 0.3) is 0 Å². The molecule has 5 heteroatoms. The minimum atomic E-state index is -3.01. The van der Waals surface area contributed by atoms with Crippen molar-refractivity contribution in [2.75, 3.05) is 19.5 Å². The van der Waals surface area contributed by atoms with Crippen molar-refractivity contribution in [2.24, 2.45) is 5.92 Å². The quantitative estimate of drug-likeness (QED) is 0.659. The second kappa shape index (κ2) is 7.70. The number of methoxy groups -OCH3 is 1. The van der Waals surface area contributed by atoms with E-state index in [9.17, 15) is 8.78 Å². The Morgan fingerprint density at radius 3 is 2.63 bits per heavy atom. The molecule has 0 fully saturated rings. The topological polar surface area (TPSA) is 18.5 Å². The van der Waals surface area contributed by atoms with Crippen LogP contribution in [0.2, 0.25) is 0 Å². The fraction of sp³-hybridized carbons (Fsp3) is 0.571. The first-order valence-corrected chi connectivity index (χ1v) is 7.24. The molecule has 19 heavy (non-hydrogen) atoms. The minimum absolute atomic E-state index is 0.0485. The van der Waals surface area contributed by atoms with E-state index in [-0.39, 0.29) is 18.9 Å². The summed E-state index contributed by atoms with van der Waals surface area (Å²) in [5, 5.41) is 0. The number of para-hydroxylation sites is 1. The maximum absolute atomic E-state index is 12.9. The van der Waals surface area contributed by atoms with Gasteiger partial charge in [0, 0.05) is 17.1 Å². The maximum Gasteiger partial charge on any atom is 0.355 e. The van der Waals surface area contributed by atoms with Gasteiger partial charge >= 0.3 is 6.11 Å². The largest absolute Gasteiger partial charge is 0.496 e. The molecule has 1 unspecified atom stereocenters. The van der Waals surface area contributed by atoms with Crippen molar-refractivity contribution in [1.29, 1.82) is 0 Å². The van der Waals surface area contributed by atoms with E-state index in [1.54, 1.807) is 18.9 Å². The van der Waals surface area contributed by atoms with Crippen LogP contribution in [0.1, 0.15) is 20.3 Å². The van der Waals surface area contributed by atoms with Crippen molar-refractivity contribution < 1.29 is 18.3 Å². The molecule has 108 valence electrons. The highest BCUT2D eigenvalue weighted by Gasteiger charge is 2.27. The van der Waals surface area contributed by atoms with E-state index in [4.69, 9.17) is 4.74 Å². The van der Waals surface area contributed by atoms with Crippen LogP contribution in [0, 0.1) is 5.92 Å². The van der Waals surface area contributed by atoms with Crippen molar-refractivity contribution in [3.05, 3.63) is 24.3 Å². The molecule has 0 N–H and O–H groups in total. The van der Waals surface area contributed by atoms with Crippen LogP contribution in [-0.2, 0) is 4.74 Å². The first-order chi connectivity index (χ1) is 8.98. The molecule has 0 aliphatic rings. The molecule has 1 aromatic carbocycles. The summed E-state index contributed by atoms with van der Waals surface area (Å²) in [6.07, 6.45) is -3.30. The Balaban J connectivity index is 2.40. The van der Waals surface area contributed by atoms with Crippen molar-refractivity contribution in [3.63, 3.8) is 0 Å². The summed E-state index contributed by atoms with van der Waals surface area (Å²) in [4.78, 5) is 1.01. The fourth-order valence-electron chi connectivity index (χ4n) is 1.38. The standard InChI is InChI=1S/C14H20F2O2S/c1-4-14(15,16)18-9-11(2)10-19-13-8-6-5-7-12(13)17-3/h5-8,11H,4,9-10H2,1-3H3. The number of thioether (sulfide) groups is 1. The maximum atomic E-state index is 12.9. The fourth-order valence-corrected chi connectivity index (χ4v) is 2.41. The summed E-state index contributed by atoms with van der Waals surface area (Å²) in [5.74, 6) is 1.56. The van der Waals surface area contributed by atoms with Crippen LogP contribution < -0.4 is 4.74 Å². The third-order valence-corrected chi connectivity index (χ3v) is 3.97. The van der Waals surface area contributed by atoms with Crippen molar-refractivity contribution in [3.8, 4) is 5.75 Å². The van der Waals surface area contributed by atoms with Crippen molar-refractivity contribution in [1.82, 2.24) is 0 Å². The monoisotopic (exact) mass is 290 g/mol. The summed E-state index contributed by atoms with van der Waals surface area (Å²) >= 11 is 1.59. The van der Waals surface area contributed by atoms with Crippen molar-refractivity contribution in [2.45, 2.75) is 31.3 Å². The molecule has 0 bridgehead atoms. The molecule has 0 saturated heterocycles. The lowest BCUT2D eigenvalue weighted by Crippen LogP contribution is -2.23. The molecule has 0 amide bonds. The van der Waals surface area contributed by atoms with E-state index in [0.29, 0.717) is 5.75 Å². The summed E-state index contributed by atoms with van der Waals surface area (Å²) in [7, 11) is 1.62. The number of rotatable bonds is 8. The van der Waals surface area contributed by atoms with Gasteiger partial charge in [0.2, 0.25) is 0 Å². The smallest absolute Gasteiger partial charge is 0.355 e. The predicted molar refractivity (Wildman–Crippen MR) is 74.1 cm³/mol. The number of alkyl halides is 2. The van der Waals surface area contributed by atoms with E-state index in [2.05, 4.69) is 4.74 Å². The Hall–Kier alpha value is -0.810. The van der Waals surface area contributed by atoms with Gasteiger partial charge in [-0.25, -0.2) is 0 Å². The molecule has 1 aromatic rings. The van der Waals surface area contributed by atoms with E-state index in [1.165, 1.54) is 6.92 Å². The van der Waals surface area contributed by atoms with Crippen LogP contribution in [0.4, 0.5) is 8.78 Å². The van der Waals surface area contributed by atoms with Gasteiger partial charge in [-0.1, -0.05) is 26.0 Å². The average Bonchev–Trinajstić information content (AvgIpc) is 2.43. The lowest BCUT2D eigenvalue weighted by molar-refractivity contribution is -0.243. The summed E-state index contributed by atoms with van der Waals surface area (Å²) in [6, 6.07) is 7.67. The number of halogens is 2. The van der Waals surface area contributed by atoms with Crippen LogP contribution in [0.5, 0.6) is 5.75 Å². The Morgan fingerprint density at radius 1 is 1.32 bits per heavy atom. The molecule has 0 heterocycles. The van der Waals surface area contributed by atoms with Crippen molar-refractivity contribution >= 4 is 11.8 Å². The number of hydrogen-bond donors (Lipinski definition) is 0. The van der Waals surface area contributed by atoms with Gasteiger partial charge in [0.15, 0.2) is 0 Å². The summed E-state index contributed by atoms with van der Waals surface area (Å²) in [5.41, 5.74) is 0. The molecule has 0 spiro atoms. The molecule has 1 rings (SSSR count). The minimum Gasteiger partial charge on any atom is -0.496 e. The highest BCUT2D eigenvalue weighted by atomic mass is 32.2. The highest BCUT2D eigenvalue weighted by molar-refractivity contribution is 7.99. The molecule has 1 atom stereocenters. The second-order valence-corrected chi connectivity index (χ2v) is 5.43. The predicted octanol–water partition coefficient (Wildman–Crippen LogP) is 4.44. The van der Waals surface area contributed by atoms with Gasteiger partial charge in [-0.15, -0.1) is 11.8 Å². The van der Waals surface area contributed by atoms with Gasteiger partial charge in [0.1, 0.15) is 5.75 Å². The van der Waals surface area contributed by atoms with Crippen LogP contribution in [-0.4, -0.2) is 25.6 Å². The molecule has 0 aromatic heterocycles. The third-order valence-electron chi connectivity index (χ3n) is 2.58. The average molecular weight is 290 g/mol.